The van der Waals surface area contributed by atoms with Gasteiger partial charge in [0, 0.05) is 19.1 Å². The molecule has 0 saturated carbocycles. The Kier molecular flexibility index (Phi) is 7.15. The molecule has 0 amide bonds. The molecule has 1 aliphatic heterocycles. The van der Waals surface area contributed by atoms with Crippen LogP contribution in [0, 0.1) is 6.92 Å². The highest BCUT2D eigenvalue weighted by Crippen LogP contribution is 2.24. The molecule has 1 aliphatic rings. The molecule has 1 saturated heterocycles. The van der Waals surface area contributed by atoms with Gasteiger partial charge in [-0.1, -0.05) is 42.0 Å². The normalized spacial score (nSPS) is 19.6. The van der Waals surface area contributed by atoms with E-state index in [0.29, 0.717) is 25.3 Å². The Morgan fingerprint density at radius 1 is 1.21 bits per heavy atom. The molecule has 28 heavy (non-hydrogen) atoms. The Bertz CT molecular complexity index is 886. The van der Waals surface area contributed by atoms with Crippen LogP contribution in [0.4, 0.5) is 0 Å². The zero-order valence-corrected chi connectivity index (χ0v) is 18.3. The first-order valence-electron chi connectivity index (χ1n) is 9.38. The zero-order chi connectivity index (χ0) is 20.1. The van der Waals surface area contributed by atoms with Gasteiger partial charge in [0.15, 0.2) is 9.84 Å². The second-order valence-corrected chi connectivity index (χ2v) is 10.5. The highest BCUT2D eigenvalue weighted by molar-refractivity contribution is 9.10. The van der Waals surface area contributed by atoms with Gasteiger partial charge in [-0.05, 0) is 47.0 Å². The number of para-hydroxylation sites is 1. The molecule has 2 unspecified atom stereocenters. The quantitative estimate of drug-likeness (QED) is 0.645. The number of hydrogen-bond acceptors (Lipinski definition) is 5. The molecule has 3 rings (SSSR count). The molecule has 2 aromatic carbocycles. The Labute approximate surface area is 175 Å². The van der Waals surface area contributed by atoms with Gasteiger partial charge in [-0.25, -0.2) is 8.42 Å². The van der Waals surface area contributed by atoms with Gasteiger partial charge in [0.1, 0.15) is 18.5 Å². The molecule has 7 heteroatoms. The number of aliphatic hydroxyl groups excluding tert-OH is 1. The van der Waals surface area contributed by atoms with E-state index in [1.165, 1.54) is 5.56 Å². The van der Waals surface area contributed by atoms with Crippen LogP contribution in [0.2, 0.25) is 0 Å². The van der Waals surface area contributed by atoms with Crippen LogP contribution in [0.25, 0.3) is 0 Å². The zero-order valence-electron chi connectivity index (χ0n) is 15.9. The maximum atomic E-state index is 12.0. The van der Waals surface area contributed by atoms with Crippen LogP contribution in [-0.2, 0) is 16.4 Å². The summed E-state index contributed by atoms with van der Waals surface area (Å²) in [5.74, 6) is 1.04. The van der Waals surface area contributed by atoms with Crippen molar-refractivity contribution in [2.45, 2.75) is 32.0 Å². The summed E-state index contributed by atoms with van der Waals surface area (Å²) < 4.78 is 30.5. The third kappa shape index (κ3) is 6.04. The van der Waals surface area contributed by atoms with Crippen LogP contribution < -0.4 is 4.74 Å². The van der Waals surface area contributed by atoms with Gasteiger partial charge in [-0.15, -0.1) is 0 Å². The van der Waals surface area contributed by atoms with Crippen LogP contribution in [0.15, 0.2) is 53.0 Å². The Balaban J connectivity index is 1.65. The molecule has 1 heterocycles. The molecule has 0 spiro atoms. The number of benzene rings is 2. The summed E-state index contributed by atoms with van der Waals surface area (Å²) in [6.07, 6.45) is -0.118. The molecule has 1 fully saturated rings. The first-order chi connectivity index (χ1) is 13.3. The van der Waals surface area contributed by atoms with Crippen molar-refractivity contribution < 1.29 is 18.3 Å². The van der Waals surface area contributed by atoms with Crippen LogP contribution in [0.1, 0.15) is 17.5 Å². The van der Waals surface area contributed by atoms with Gasteiger partial charge in [0.2, 0.25) is 0 Å². The predicted molar refractivity (Wildman–Crippen MR) is 114 cm³/mol. The van der Waals surface area contributed by atoms with Crippen LogP contribution in [-0.4, -0.2) is 55.2 Å². The number of aryl methyl sites for hydroxylation is 1. The molecular weight excluding hydrogens is 442 g/mol. The van der Waals surface area contributed by atoms with Crippen LogP contribution in [0.3, 0.4) is 0 Å². The van der Waals surface area contributed by atoms with E-state index in [4.69, 9.17) is 4.74 Å². The molecule has 0 bridgehead atoms. The minimum Gasteiger partial charge on any atom is -0.490 e. The highest BCUT2D eigenvalue weighted by atomic mass is 79.9. The van der Waals surface area contributed by atoms with Crippen molar-refractivity contribution in [1.82, 2.24) is 4.90 Å². The summed E-state index contributed by atoms with van der Waals surface area (Å²) in [7, 11) is -3.00. The maximum absolute atomic E-state index is 12.0. The molecule has 0 aliphatic carbocycles. The number of nitrogens with zero attached hydrogens (tertiary/aromatic N) is 1. The second-order valence-electron chi connectivity index (χ2n) is 7.37. The standard InChI is InChI=1S/C21H26BrNO4S/c1-16-6-8-17(9-7-16)12-23(18-10-11-28(25,26)15-18)13-19(24)14-27-21-5-3-2-4-20(21)22/h2-9,18-19,24H,10-15H2,1H3. The van der Waals surface area contributed by atoms with Crippen molar-refractivity contribution in [3.05, 3.63) is 64.1 Å². The smallest absolute Gasteiger partial charge is 0.151 e. The van der Waals surface area contributed by atoms with E-state index >= 15 is 0 Å². The molecule has 0 radical (unpaired) electrons. The molecule has 2 atom stereocenters. The third-order valence-electron chi connectivity index (χ3n) is 4.94. The number of sulfone groups is 1. The fourth-order valence-electron chi connectivity index (χ4n) is 3.41. The molecule has 152 valence electrons. The van der Waals surface area contributed by atoms with Crippen LogP contribution in [0.5, 0.6) is 5.75 Å². The van der Waals surface area contributed by atoms with E-state index in [-0.39, 0.29) is 24.2 Å². The lowest BCUT2D eigenvalue weighted by Gasteiger charge is -2.30. The third-order valence-corrected chi connectivity index (χ3v) is 7.35. The maximum Gasteiger partial charge on any atom is 0.151 e. The van der Waals surface area contributed by atoms with Crippen molar-refractivity contribution in [3.8, 4) is 5.75 Å². The SMILES string of the molecule is Cc1ccc(CN(CC(O)COc2ccccc2Br)C2CCS(=O)(=O)C2)cc1. The van der Waals surface area contributed by atoms with Gasteiger partial charge in [0.25, 0.3) is 0 Å². The monoisotopic (exact) mass is 467 g/mol. The topological polar surface area (TPSA) is 66.8 Å². The van der Waals surface area contributed by atoms with Crippen molar-refractivity contribution in [3.63, 3.8) is 0 Å². The first-order valence-corrected chi connectivity index (χ1v) is 12.0. The van der Waals surface area contributed by atoms with E-state index in [1.807, 2.05) is 43.3 Å². The lowest BCUT2D eigenvalue weighted by Crippen LogP contribution is -2.42. The fraction of sp³-hybridized carbons (Fsp3) is 0.429. The van der Waals surface area contributed by atoms with Crippen molar-refractivity contribution in [2.24, 2.45) is 0 Å². The van der Waals surface area contributed by atoms with Gasteiger partial charge in [0.05, 0.1) is 16.0 Å². The average Bonchev–Trinajstić information content (AvgIpc) is 3.02. The summed E-state index contributed by atoms with van der Waals surface area (Å²) in [5.41, 5.74) is 2.29. The molecule has 1 N–H and O–H groups in total. The molecule has 2 aromatic rings. The number of hydrogen-bond donors (Lipinski definition) is 1. The lowest BCUT2D eigenvalue weighted by atomic mass is 10.1. The number of ether oxygens (including phenoxy) is 1. The summed E-state index contributed by atoms with van der Waals surface area (Å²) in [5, 5.41) is 10.6. The second kappa shape index (κ2) is 9.39. The summed E-state index contributed by atoms with van der Waals surface area (Å²) >= 11 is 3.43. The Morgan fingerprint density at radius 2 is 1.93 bits per heavy atom. The van der Waals surface area contributed by atoms with E-state index in [2.05, 4.69) is 33.0 Å². The lowest BCUT2D eigenvalue weighted by molar-refractivity contribution is 0.0522. The van der Waals surface area contributed by atoms with Gasteiger partial charge in [-0.3, -0.25) is 4.90 Å². The summed E-state index contributed by atoms with van der Waals surface area (Å²) in [6, 6.07) is 15.6. The minimum absolute atomic E-state index is 0.0792. The Morgan fingerprint density at radius 3 is 2.57 bits per heavy atom. The predicted octanol–water partition coefficient (Wildman–Crippen LogP) is 3.19. The van der Waals surface area contributed by atoms with E-state index in [0.717, 1.165) is 10.0 Å². The van der Waals surface area contributed by atoms with Crippen molar-refractivity contribution >= 4 is 25.8 Å². The van der Waals surface area contributed by atoms with Gasteiger partial charge in [-0.2, -0.15) is 0 Å². The number of aliphatic hydroxyl groups is 1. The number of rotatable bonds is 8. The minimum atomic E-state index is -3.00. The summed E-state index contributed by atoms with van der Waals surface area (Å²) in [4.78, 5) is 2.07. The van der Waals surface area contributed by atoms with E-state index < -0.39 is 15.9 Å². The molecule has 0 aromatic heterocycles. The van der Waals surface area contributed by atoms with Crippen molar-refractivity contribution in [2.75, 3.05) is 24.7 Å². The summed E-state index contributed by atoms with van der Waals surface area (Å²) in [6.45, 7) is 3.14. The Hall–Kier alpha value is -1.41. The van der Waals surface area contributed by atoms with Gasteiger partial charge >= 0.3 is 0 Å². The average molecular weight is 468 g/mol. The largest absolute Gasteiger partial charge is 0.490 e. The highest BCUT2D eigenvalue weighted by Gasteiger charge is 2.33. The molecule has 5 nitrogen and oxygen atoms in total. The molecular formula is C21H26BrNO4S. The van der Waals surface area contributed by atoms with Crippen molar-refractivity contribution in [1.29, 1.82) is 0 Å². The van der Waals surface area contributed by atoms with Crippen LogP contribution >= 0.6 is 15.9 Å². The van der Waals surface area contributed by atoms with Gasteiger partial charge < -0.3 is 9.84 Å². The van der Waals surface area contributed by atoms with E-state index in [9.17, 15) is 13.5 Å². The number of halogens is 1. The van der Waals surface area contributed by atoms with E-state index in [1.54, 1.807) is 0 Å². The fourth-order valence-corrected chi connectivity index (χ4v) is 5.57. The first kappa shape index (κ1) is 21.3.